The van der Waals surface area contributed by atoms with Gasteiger partial charge in [-0.05, 0) is 49.9 Å². The monoisotopic (exact) mass is 344 g/mol. The molecule has 2 N–H and O–H groups in total. The summed E-state index contributed by atoms with van der Waals surface area (Å²) in [6, 6.07) is 5.45. The van der Waals surface area contributed by atoms with E-state index in [-0.39, 0.29) is 18.2 Å². The molecule has 2 fully saturated rings. The van der Waals surface area contributed by atoms with E-state index in [2.05, 4.69) is 5.32 Å². The van der Waals surface area contributed by atoms with Crippen LogP contribution in [0.3, 0.4) is 0 Å². The maximum Gasteiger partial charge on any atom is 0.310 e. The van der Waals surface area contributed by atoms with Crippen LogP contribution in [0.15, 0.2) is 18.2 Å². The molecule has 0 bridgehead atoms. The van der Waals surface area contributed by atoms with Gasteiger partial charge in [-0.3, -0.25) is 14.4 Å². The van der Waals surface area contributed by atoms with Crippen molar-refractivity contribution in [2.75, 3.05) is 16.8 Å². The van der Waals surface area contributed by atoms with E-state index in [1.54, 1.807) is 11.0 Å². The number of rotatable bonds is 5. The Morgan fingerprint density at radius 1 is 1.24 bits per heavy atom. The number of benzene rings is 1. The van der Waals surface area contributed by atoms with E-state index in [1.165, 1.54) is 0 Å². The zero-order chi connectivity index (χ0) is 18.0. The standard InChI is InChI=1S/C19H24N2O4/c1-13-11-14(6-7-15(13)21-10-4-5-17(21)23)20-16(22)12-19(18(24)25)8-2-3-9-19/h6-7,11H,2-5,8-10,12H2,1H3,(H,20,22)(H,24,25). The normalized spacial score (nSPS) is 19.2. The third-order valence-corrected chi connectivity index (χ3v) is 5.36. The topological polar surface area (TPSA) is 86.7 Å². The molecule has 3 rings (SSSR count). The Morgan fingerprint density at radius 2 is 1.96 bits per heavy atom. The molecular formula is C19H24N2O4. The summed E-state index contributed by atoms with van der Waals surface area (Å²) in [5.41, 5.74) is 1.51. The molecule has 1 aromatic rings. The van der Waals surface area contributed by atoms with Crippen LogP contribution in [0, 0.1) is 12.3 Å². The number of carboxylic acid groups (broad SMARTS) is 1. The minimum Gasteiger partial charge on any atom is -0.481 e. The van der Waals surface area contributed by atoms with Gasteiger partial charge in [0.25, 0.3) is 0 Å². The second-order valence-electron chi connectivity index (χ2n) is 7.17. The van der Waals surface area contributed by atoms with Crippen molar-refractivity contribution < 1.29 is 19.5 Å². The highest BCUT2D eigenvalue weighted by atomic mass is 16.4. The van der Waals surface area contributed by atoms with Crippen LogP contribution in [0.5, 0.6) is 0 Å². The lowest BCUT2D eigenvalue weighted by molar-refractivity contribution is -0.150. The van der Waals surface area contributed by atoms with E-state index < -0.39 is 11.4 Å². The predicted octanol–water partition coefficient (Wildman–Crippen LogP) is 3.10. The quantitative estimate of drug-likeness (QED) is 0.859. The van der Waals surface area contributed by atoms with Gasteiger partial charge in [0.15, 0.2) is 0 Å². The van der Waals surface area contributed by atoms with Gasteiger partial charge in [0.2, 0.25) is 11.8 Å². The third kappa shape index (κ3) is 3.52. The summed E-state index contributed by atoms with van der Waals surface area (Å²) < 4.78 is 0. The number of carbonyl (C=O) groups is 3. The summed E-state index contributed by atoms with van der Waals surface area (Å²) in [6.07, 6.45) is 4.29. The molecule has 1 aromatic carbocycles. The number of aliphatic carboxylic acids is 1. The Balaban J connectivity index is 1.68. The lowest BCUT2D eigenvalue weighted by atomic mass is 9.82. The van der Waals surface area contributed by atoms with Gasteiger partial charge in [0.05, 0.1) is 5.41 Å². The van der Waals surface area contributed by atoms with Crippen LogP contribution < -0.4 is 10.2 Å². The molecule has 2 amide bonds. The molecule has 1 saturated carbocycles. The van der Waals surface area contributed by atoms with Crippen molar-refractivity contribution in [2.24, 2.45) is 5.41 Å². The van der Waals surface area contributed by atoms with Crippen molar-refractivity contribution in [3.63, 3.8) is 0 Å². The number of carbonyl (C=O) groups excluding carboxylic acids is 2. The highest BCUT2D eigenvalue weighted by Crippen LogP contribution is 2.41. The number of hydrogen-bond donors (Lipinski definition) is 2. The van der Waals surface area contributed by atoms with Crippen molar-refractivity contribution in [3.8, 4) is 0 Å². The molecule has 0 radical (unpaired) electrons. The van der Waals surface area contributed by atoms with Crippen LogP contribution in [-0.4, -0.2) is 29.4 Å². The molecule has 0 spiro atoms. The van der Waals surface area contributed by atoms with Crippen LogP contribution >= 0.6 is 0 Å². The van der Waals surface area contributed by atoms with E-state index in [4.69, 9.17) is 0 Å². The number of hydrogen-bond acceptors (Lipinski definition) is 3. The molecule has 1 aliphatic carbocycles. The van der Waals surface area contributed by atoms with E-state index in [0.717, 1.165) is 37.1 Å². The van der Waals surface area contributed by atoms with Gasteiger partial charge in [-0.25, -0.2) is 0 Å². The molecule has 0 atom stereocenters. The summed E-state index contributed by atoms with van der Waals surface area (Å²) in [7, 11) is 0. The number of carboxylic acids is 1. The molecule has 25 heavy (non-hydrogen) atoms. The summed E-state index contributed by atoms with van der Waals surface area (Å²) >= 11 is 0. The minimum atomic E-state index is -0.916. The first-order valence-corrected chi connectivity index (χ1v) is 8.86. The second kappa shape index (κ2) is 6.86. The van der Waals surface area contributed by atoms with E-state index in [1.807, 2.05) is 19.1 Å². The first-order valence-electron chi connectivity index (χ1n) is 8.86. The summed E-state index contributed by atoms with van der Waals surface area (Å²) in [5, 5.41) is 12.3. The Hall–Kier alpha value is -2.37. The molecule has 1 heterocycles. The minimum absolute atomic E-state index is 0.00768. The number of aryl methyl sites for hydroxylation is 1. The maximum absolute atomic E-state index is 12.3. The van der Waals surface area contributed by atoms with Crippen LogP contribution in [0.4, 0.5) is 11.4 Å². The van der Waals surface area contributed by atoms with Crippen LogP contribution in [-0.2, 0) is 14.4 Å². The predicted molar refractivity (Wildman–Crippen MR) is 94.5 cm³/mol. The molecule has 6 heteroatoms. The van der Waals surface area contributed by atoms with Crippen LogP contribution in [0.1, 0.15) is 50.5 Å². The van der Waals surface area contributed by atoms with Gasteiger partial charge < -0.3 is 15.3 Å². The molecule has 0 unspecified atom stereocenters. The fourth-order valence-corrected chi connectivity index (χ4v) is 3.97. The molecule has 6 nitrogen and oxygen atoms in total. The van der Waals surface area contributed by atoms with Gasteiger partial charge in [-0.1, -0.05) is 12.8 Å². The Labute approximate surface area is 147 Å². The van der Waals surface area contributed by atoms with Crippen LogP contribution in [0.25, 0.3) is 0 Å². The zero-order valence-corrected chi connectivity index (χ0v) is 14.5. The number of nitrogens with one attached hydrogen (secondary N) is 1. The largest absolute Gasteiger partial charge is 0.481 e. The first kappa shape index (κ1) is 17.5. The smallest absolute Gasteiger partial charge is 0.310 e. The van der Waals surface area contributed by atoms with E-state index >= 15 is 0 Å². The van der Waals surface area contributed by atoms with Crippen molar-refractivity contribution in [1.82, 2.24) is 0 Å². The highest BCUT2D eigenvalue weighted by molar-refractivity contribution is 5.97. The fraction of sp³-hybridized carbons (Fsp3) is 0.526. The summed E-state index contributed by atoms with van der Waals surface area (Å²) in [5.74, 6) is -1.02. The molecule has 1 aliphatic heterocycles. The van der Waals surface area contributed by atoms with Crippen molar-refractivity contribution in [2.45, 2.75) is 51.9 Å². The van der Waals surface area contributed by atoms with Gasteiger partial charge in [-0.2, -0.15) is 0 Å². The molecule has 2 aliphatic rings. The lowest BCUT2D eigenvalue weighted by Crippen LogP contribution is -2.32. The average Bonchev–Trinajstić information content (AvgIpc) is 3.17. The van der Waals surface area contributed by atoms with Crippen molar-refractivity contribution in [1.29, 1.82) is 0 Å². The fourth-order valence-electron chi connectivity index (χ4n) is 3.97. The van der Waals surface area contributed by atoms with Crippen molar-refractivity contribution >= 4 is 29.2 Å². The maximum atomic E-state index is 12.3. The van der Waals surface area contributed by atoms with Gasteiger partial charge in [-0.15, -0.1) is 0 Å². The molecular weight excluding hydrogens is 320 g/mol. The zero-order valence-electron chi connectivity index (χ0n) is 14.5. The average molecular weight is 344 g/mol. The molecule has 1 saturated heterocycles. The first-order chi connectivity index (χ1) is 11.9. The van der Waals surface area contributed by atoms with E-state index in [0.29, 0.717) is 24.9 Å². The SMILES string of the molecule is Cc1cc(NC(=O)CC2(C(=O)O)CCCC2)ccc1N1CCCC1=O. The molecule has 134 valence electrons. The van der Waals surface area contributed by atoms with Gasteiger partial charge in [0.1, 0.15) is 0 Å². The number of nitrogens with zero attached hydrogens (tertiary/aromatic N) is 1. The number of anilines is 2. The Morgan fingerprint density at radius 3 is 2.52 bits per heavy atom. The summed E-state index contributed by atoms with van der Waals surface area (Å²) in [4.78, 5) is 37.6. The van der Waals surface area contributed by atoms with Gasteiger partial charge in [0, 0.05) is 30.8 Å². The Kier molecular flexibility index (Phi) is 4.79. The van der Waals surface area contributed by atoms with E-state index in [9.17, 15) is 19.5 Å². The lowest BCUT2D eigenvalue weighted by Gasteiger charge is -2.23. The summed E-state index contributed by atoms with van der Waals surface area (Å²) in [6.45, 7) is 2.64. The third-order valence-electron chi connectivity index (χ3n) is 5.36. The second-order valence-corrected chi connectivity index (χ2v) is 7.17. The number of amides is 2. The van der Waals surface area contributed by atoms with Crippen LogP contribution in [0.2, 0.25) is 0 Å². The van der Waals surface area contributed by atoms with Crippen molar-refractivity contribution in [3.05, 3.63) is 23.8 Å². The molecule has 0 aromatic heterocycles. The highest BCUT2D eigenvalue weighted by Gasteiger charge is 2.43. The van der Waals surface area contributed by atoms with Gasteiger partial charge >= 0.3 is 5.97 Å². The Bertz CT molecular complexity index is 707.